The number of hydrogen-bond acceptors (Lipinski definition) is 4. The summed E-state index contributed by atoms with van der Waals surface area (Å²) in [6, 6.07) is 1.33. The summed E-state index contributed by atoms with van der Waals surface area (Å²) >= 11 is 0. The van der Waals surface area contributed by atoms with Gasteiger partial charge < -0.3 is 0 Å². The van der Waals surface area contributed by atoms with Crippen molar-refractivity contribution in [3.63, 3.8) is 0 Å². The van der Waals surface area contributed by atoms with E-state index >= 15 is 0 Å². The highest BCUT2D eigenvalue weighted by molar-refractivity contribution is 5.03. The molecule has 0 aliphatic carbocycles. The number of rotatable bonds is 1. The summed E-state index contributed by atoms with van der Waals surface area (Å²) in [6.07, 6.45) is 4.41. The smallest absolute Gasteiger partial charge is 0.252 e. The van der Waals surface area contributed by atoms with E-state index in [1.54, 1.807) is 0 Å². The predicted molar refractivity (Wildman–Crippen MR) is 39.8 cm³/mol. The van der Waals surface area contributed by atoms with E-state index < -0.39 is 0 Å². The molecule has 6 nitrogen and oxygen atoms in total. The van der Waals surface area contributed by atoms with Crippen molar-refractivity contribution < 1.29 is 0 Å². The molecule has 0 aliphatic rings. The van der Waals surface area contributed by atoms with Crippen LogP contribution in [-0.4, -0.2) is 25.0 Å². The Morgan fingerprint density at radius 2 is 2.00 bits per heavy atom. The Hall–Kier alpha value is -1.98. The summed E-state index contributed by atoms with van der Waals surface area (Å²) in [5.74, 6) is 0.313. The standard InChI is InChI=1S/C6H5N5O/c12-5-1-2-7-6(10-5)11-8-3-4-9-11/h1-4H,(H,7,10,12). The summed E-state index contributed by atoms with van der Waals surface area (Å²) in [4.78, 5) is 18.4. The van der Waals surface area contributed by atoms with Crippen LogP contribution in [0.1, 0.15) is 0 Å². The molecule has 1 N–H and O–H groups in total. The highest BCUT2D eigenvalue weighted by atomic mass is 16.1. The molecule has 0 amide bonds. The van der Waals surface area contributed by atoms with E-state index in [1.807, 2.05) is 0 Å². The predicted octanol–water partition coefficient (Wildman–Crippen LogP) is -0.649. The van der Waals surface area contributed by atoms with Gasteiger partial charge in [-0.2, -0.15) is 10.2 Å². The Morgan fingerprint density at radius 1 is 1.25 bits per heavy atom. The van der Waals surface area contributed by atoms with Crippen LogP contribution in [0.5, 0.6) is 0 Å². The van der Waals surface area contributed by atoms with Crippen molar-refractivity contribution in [1.29, 1.82) is 0 Å². The average molecular weight is 163 g/mol. The van der Waals surface area contributed by atoms with E-state index in [2.05, 4.69) is 20.2 Å². The monoisotopic (exact) mass is 163 g/mol. The molecule has 0 saturated carbocycles. The van der Waals surface area contributed by atoms with Crippen molar-refractivity contribution in [3.05, 3.63) is 35.0 Å². The van der Waals surface area contributed by atoms with Crippen molar-refractivity contribution in [2.45, 2.75) is 0 Å². The first kappa shape index (κ1) is 6.71. The van der Waals surface area contributed by atoms with Gasteiger partial charge in [-0.25, -0.2) is 4.98 Å². The van der Waals surface area contributed by atoms with Crippen LogP contribution in [0.3, 0.4) is 0 Å². The molecule has 0 aromatic carbocycles. The summed E-state index contributed by atoms with van der Waals surface area (Å²) in [7, 11) is 0. The van der Waals surface area contributed by atoms with Gasteiger partial charge in [0.25, 0.3) is 5.56 Å². The van der Waals surface area contributed by atoms with Crippen LogP contribution in [0.25, 0.3) is 5.95 Å². The molecule has 2 rings (SSSR count). The highest BCUT2D eigenvalue weighted by Gasteiger charge is 1.97. The molecule has 0 unspecified atom stereocenters. The van der Waals surface area contributed by atoms with Crippen LogP contribution in [0.4, 0.5) is 0 Å². The van der Waals surface area contributed by atoms with Crippen LogP contribution >= 0.6 is 0 Å². The Labute approximate surface area is 66.9 Å². The van der Waals surface area contributed by atoms with Gasteiger partial charge in [-0.1, -0.05) is 0 Å². The fourth-order valence-corrected chi connectivity index (χ4v) is 0.786. The maximum absolute atomic E-state index is 10.8. The normalized spacial score (nSPS) is 10.0. The van der Waals surface area contributed by atoms with Crippen LogP contribution in [0.15, 0.2) is 29.5 Å². The molecule has 0 spiro atoms. The SMILES string of the molecule is O=c1ccnc(-n2nccn2)[nH]1. The van der Waals surface area contributed by atoms with Gasteiger partial charge in [0.15, 0.2) is 0 Å². The number of aromatic nitrogens is 5. The molecular formula is C6H5N5O. The van der Waals surface area contributed by atoms with Crippen molar-refractivity contribution in [3.8, 4) is 5.95 Å². The van der Waals surface area contributed by atoms with E-state index in [-0.39, 0.29) is 5.56 Å². The minimum Gasteiger partial charge on any atom is -0.290 e. The van der Waals surface area contributed by atoms with E-state index in [0.717, 1.165) is 0 Å². The van der Waals surface area contributed by atoms with Crippen molar-refractivity contribution in [2.75, 3.05) is 0 Å². The van der Waals surface area contributed by atoms with Gasteiger partial charge in [-0.05, 0) is 0 Å². The highest BCUT2D eigenvalue weighted by Crippen LogP contribution is 1.88. The topological polar surface area (TPSA) is 76.5 Å². The van der Waals surface area contributed by atoms with E-state index in [9.17, 15) is 4.79 Å². The molecular weight excluding hydrogens is 158 g/mol. The lowest BCUT2D eigenvalue weighted by Crippen LogP contribution is -2.12. The van der Waals surface area contributed by atoms with Gasteiger partial charge in [0, 0.05) is 12.3 Å². The van der Waals surface area contributed by atoms with Crippen LogP contribution < -0.4 is 5.56 Å². The Bertz CT molecular complexity index is 418. The first-order valence-corrected chi connectivity index (χ1v) is 3.28. The maximum Gasteiger partial charge on any atom is 0.252 e. The fraction of sp³-hybridized carbons (Fsp3) is 0. The molecule has 2 heterocycles. The third-order valence-corrected chi connectivity index (χ3v) is 1.27. The molecule has 2 aromatic heterocycles. The van der Waals surface area contributed by atoms with Crippen molar-refractivity contribution >= 4 is 0 Å². The summed E-state index contributed by atoms with van der Waals surface area (Å²) < 4.78 is 0. The second-order valence-electron chi connectivity index (χ2n) is 2.08. The lowest BCUT2D eigenvalue weighted by Gasteiger charge is -1.94. The first-order chi connectivity index (χ1) is 5.86. The van der Waals surface area contributed by atoms with Gasteiger partial charge in [0.2, 0.25) is 5.95 Å². The molecule has 0 fully saturated rings. The second kappa shape index (κ2) is 2.57. The van der Waals surface area contributed by atoms with E-state index in [0.29, 0.717) is 5.95 Å². The number of nitrogens with zero attached hydrogens (tertiary/aromatic N) is 4. The van der Waals surface area contributed by atoms with Gasteiger partial charge in [-0.15, -0.1) is 4.80 Å². The average Bonchev–Trinajstić information content (AvgIpc) is 2.56. The number of aromatic amines is 1. The molecule has 0 saturated heterocycles. The number of nitrogens with one attached hydrogen (secondary N) is 1. The van der Waals surface area contributed by atoms with Crippen molar-refractivity contribution in [2.24, 2.45) is 0 Å². The van der Waals surface area contributed by atoms with E-state index in [4.69, 9.17) is 0 Å². The maximum atomic E-state index is 10.8. The second-order valence-corrected chi connectivity index (χ2v) is 2.08. The van der Waals surface area contributed by atoms with Crippen molar-refractivity contribution in [1.82, 2.24) is 25.0 Å². The molecule has 2 aromatic rings. The lowest BCUT2D eigenvalue weighted by atomic mass is 10.7. The van der Waals surface area contributed by atoms with Gasteiger partial charge in [0.1, 0.15) is 0 Å². The third-order valence-electron chi connectivity index (χ3n) is 1.27. The molecule has 6 heteroatoms. The first-order valence-electron chi connectivity index (χ1n) is 3.28. The number of H-pyrrole nitrogens is 1. The molecule has 0 radical (unpaired) electrons. The lowest BCUT2D eigenvalue weighted by molar-refractivity contribution is 0.699. The minimum atomic E-state index is -0.225. The zero-order valence-corrected chi connectivity index (χ0v) is 6.01. The largest absolute Gasteiger partial charge is 0.290 e. The third kappa shape index (κ3) is 1.09. The Morgan fingerprint density at radius 3 is 2.67 bits per heavy atom. The molecule has 60 valence electrons. The molecule has 0 bridgehead atoms. The van der Waals surface area contributed by atoms with Crippen LogP contribution in [-0.2, 0) is 0 Å². The Balaban J connectivity index is 2.55. The zero-order chi connectivity index (χ0) is 8.39. The molecule has 12 heavy (non-hydrogen) atoms. The van der Waals surface area contributed by atoms with Crippen LogP contribution in [0.2, 0.25) is 0 Å². The summed E-state index contributed by atoms with van der Waals surface area (Å²) in [5, 5.41) is 7.60. The minimum absolute atomic E-state index is 0.225. The zero-order valence-electron chi connectivity index (χ0n) is 6.01. The number of hydrogen-bond donors (Lipinski definition) is 1. The van der Waals surface area contributed by atoms with E-state index in [1.165, 1.54) is 29.5 Å². The molecule has 0 aliphatic heterocycles. The summed E-state index contributed by atoms with van der Waals surface area (Å²) in [5.41, 5.74) is -0.225. The fourth-order valence-electron chi connectivity index (χ4n) is 0.786. The quantitative estimate of drug-likeness (QED) is 0.606. The molecule has 0 atom stereocenters. The van der Waals surface area contributed by atoms with Gasteiger partial charge >= 0.3 is 0 Å². The Kier molecular flexibility index (Phi) is 1.44. The summed E-state index contributed by atoms with van der Waals surface area (Å²) in [6.45, 7) is 0. The van der Waals surface area contributed by atoms with Gasteiger partial charge in [-0.3, -0.25) is 9.78 Å². The van der Waals surface area contributed by atoms with Gasteiger partial charge in [0.05, 0.1) is 12.4 Å². The van der Waals surface area contributed by atoms with Crippen LogP contribution in [0, 0.1) is 0 Å².